The molecule has 24 heavy (non-hydrogen) atoms. The van der Waals surface area contributed by atoms with E-state index in [-0.39, 0.29) is 5.82 Å². The molecule has 0 amide bonds. The Kier molecular flexibility index (Phi) is 3.87. The molecule has 0 saturated heterocycles. The number of halogens is 1. The smallest absolute Gasteiger partial charge is 0.133 e. The summed E-state index contributed by atoms with van der Waals surface area (Å²) < 4.78 is 15.3. The standard InChI is InChI=1S/C21H16FNS/c1-14-7-9-17(18(22)11-14)21-23-19-10-8-16(13-20(19)24-21)12-15-5-3-2-4-6-15/h2-11,13H,12H2,1H3. The molecule has 1 nitrogen and oxygen atoms in total. The Balaban J connectivity index is 1.71. The summed E-state index contributed by atoms with van der Waals surface area (Å²) >= 11 is 1.54. The van der Waals surface area contributed by atoms with Crippen LogP contribution >= 0.6 is 11.3 Å². The van der Waals surface area contributed by atoms with E-state index in [1.807, 2.05) is 31.2 Å². The van der Waals surface area contributed by atoms with E-state index in [4.69, 9.17) is 0 Å². The highest BCUT2D eigenvalue weighted by Gasteiger charge is 2.11. The number of rotatable bonds is 3. The van der Waals surface area contributed by atoms with Gasteiger partial charge in [-0.25, -0.2) is 9.37 Å². The lowest BCUT2D eigenvalue weighted by Crippen LogP contribution is -1.86. The van der Waals surface area contributed by atoms with Gasteiger partial charge in [-0.2, -0.15) is 0 Å². The van der Waals surface area contributed by atoms with Crippen molar-refractivity contribution in [1.82, 2.24) is 4.98 Å². The first-order chi connectivity index (χ1) is 11.7. The Hall–Kier alpha value is -2.52. The molecular weight excluding hydrogens is 317 g/mol. The Bertz CT molecular complexity index is 1000. The summed E-state index contributed by atoms with van der Waals surface area (Å²) in [5, 5.41) is 0.736. The highest BCUT2D eigenvalue weighted by atomic mass is 32.1. The van der Waals surface area contributed by atoms with Gasteiger partial charge in [0.2, 0.25) is 0 Å². The normalized spacial score (nSPS) is 11.1. The van der Waals surface area contributed by atoms with Crippen molar-refractivity contribution in [3.8, 4) is 10.6 Å². The quantitative estimate of drug-likeness (QED) is 0.448. The number of hydrogen-bond acceptors (Lipinski definition) is 2. The van der Waals surface area contributed by atoms with Crippen molar-refractivity contribution in [2.45, 2.75) is 13.3 Å². The van der Waals surface area contributed by atoms with Crippen molar-refractivity contribution in [1.29, 1.82) is 0 Å². The molecule has 0 unspecified atom stereocenters. The molecule has 0 aliphatic carbocycles. The Labute approximate surface area is 144 Å². The number of nitrogens with zero attached hydrogens (tertiary/aromatic N) is 1. The van der Waals surface area contributed by atoms with E-state index in [0.717, 1.165) is 27.2 Å². The summed E-state index contributed by atoms with van der Waals surface area (Å²) in [7, 11) is 0. The van der Waals surface area contributed by atoms with E-state index in [1.54, 1.807) is 17.4 Å². The number of aromatic nitrogens is 1. The lowest BCUT2D eigenvalue weighted by Gasteiger charge is -2.01. The molecule has 0 spiro atoms. The van der Waals surface area contributed by atoms with Crippen molar-refractivity contribution in [3.63, 3.8) is 0 Å². The molecule has 0 aliphatic heterocycles. The Morgan fingerprint density at radius 1 is 0.917 bits per heavy atom. The van der Waals surface area contributed by atoms with Gasteiger partial charge in [0.05, 0.1) is 10.2 Å². The first-order valence-corrected chi connectivity index (χ1v) is 8.70. The van der Waals surface area contributed by atoms with E-state index in [0.29, 0.717) is 5.56 Å². The van der Waals surface area contributed by atoms with Crippen molar-refractivity contribution in [3.05, 3.63) is 89.2 Å². The van der Waals surface area contributed by atoms with Gasteiger partial charge in [-0.05, 0) is 54.3 Å². The summed E-state index contributed by atoms with van der Waals surface area (Å²) in [6, 6.07) is 22.0. The summed E-state index contributed by atoms with van der Waals surface area (Å²) in [5.74, 6) is -0.210. The summed E-state index contributed by atoms with van der Waals surface area (Å²) in [6.45, 7) is 1.89. The zero-order valence-corrected chi connectivity index (χ0v) is 14.1. The average molecular weight is 333 g/mol. The molecule has 1 heterocycles. The maximum absolute atomic E-state index is 14.2. The number of aryl methyl sites for hydroxylation is 1. The fourth-order valence-electron chi connectivity index (χ4n) is 2.82. The fraction of sp³-hybridized carbons (Fsp3) is 0.0952. The zero-order chi connectivity index (χ0) is 16.5. The zero-order valence-electron chi connectivity index (χ0n) is 13.3. The molecule has 0 fully saturated rings. The first kappa shape index (κ1) is 15.0. The molecule has 3 aromatic carbocycles. The predicted molar refractivity (Wildman–Crippen MR) is 99.0 cm³/mol. The van der Waals surface area contributed by atoms with Gasteiger partial charge >= 0.3 is 0 Å². The molecular formula is C21H16FNS. The molecule has 0 bridgehead atoms. The van der Waals surface area contributed by atoms with Crippen LogP contribution in [0.1, 0.15) is 16.7 Å². The second kappa shape index (κ2) is 6.17. The maximum atomic E-state index is 14.2. The van der Waals surface area contributed by atoms with Gasteiger partial charge in [0, 0.05) is 5.56 Å². The predicted octanol–water partition coefficient (Wildman–Crippen LogP) is 6.00. The monoisotopic (exact) mass is 333 g/mol. The lowest BCUT2D eigenvalue weighted by molar-refractivity contribution is 0.630. The highest BCUT2D eigenvalue weighted by Crippen LogP contribution is 2.32. The van der Waals surface area contributed by atoms with E-state index < -0.39 is 0 Å². The third-order valence-corrected chi connectivity index (χ3v) is 5.11. The van der Waals surface area contributed by atoms with Gasteiger partial charge in [0.1, 0.15) is 10.8 Å². The minimum Gasteiger partial charge on any atom is -0.236 e. The molecule has 118 valence electrons. The lowest BCUT2D eigenvalue weighted by atomic mass is 10.1. The maximum Gasteiger partial charge on any atom is 0.133 e. The van der Waals surface area contributed by atoms with Crippen LogP contribution in [-0.2, 0) is 6.42 Å². The van der Waals surface area contributed by atoms with Gasteiger partial charge in [-0.1, -0.05) is 42.5 Å². The number of benzene rings is 3. The number of hydrogen-bond donors (Lipinski definition) is 0. The van der Waals surface area contributed by atoms with Gasteiger partial charge < -0.3 is 0 Å². The third-order valence-electron chi connectivity index (χ3n) is 4.06. The molecule has 0 aliphatic rings. The van der Waals surface area contributed by atoms with Crippen LogP contribution in [0.15, 0.2) is 66.7 Å². The Morgan fingerprint density at radius 2 is 1.75 bits per heavy atom. The molecule has 1 aromatic heterocycles. The van der Waals surface area contributed by atoms with Gasteiger partial charge in [-0.15, -0.1) is 11.3 Å². The van der Waals surface area contributed by atoms with Crippen LogP contribution in [0.5, 0.6) is 0 Å². The Morgan fingerprint density at radius 3 is 2.54 bits per heavy atom. The van der Waals surface area contributed by atoms with Crippen LogP contribution < -0.4 is 0 Å². The first-order valence-electron chi connectivity index (χ1n) is 7.89. The van der Waals surface area contributed by atoms with E-state index in [2.05, 4.69) is 41.4 Å². The van der Waals surface area contributed by atoms with Crippen LogP contribution in [-0.4, -0.2) is 4.98 Å². The van der Waals surface area contributed by atoms with E-state index in [9.17, 15) is 4.39 Å². The second-order valence-corrected chi connectivity index (χ2v) is 7.00. The van der Waals surface area contributed by atoms with Crippen LogP contribution in [0.25, 0.3) is 20.8 Å². The van der Waals surface area contributed by atoms with Crippen molar-refractivity contribution < 1.29 is 4.39 Å². The van der Waals surface area contributed by atoms with Gasteiger partial charge in [0.25, 0.3) is 0 Å². The fourth-order valence-corrected chi connectivity index (χ4v) is 3.88. The van der Waals surface area contributed by atoms with Gasteiger partial charge in [-0.3, -0.25) is 0 Å². The molecule has 0 atom stereocenters. The average Bonchev–Trinajstić information content (AvgIpc) is 2.98. The molecule has 3 heteroatoms. The number of fused-ring (bicyclic) bond motifs is 1. The minimum absolute atomic E-state index is 0.210. The largest absolute Gasteiger partial charge is 0.236 e. The van der Waals surface area contributed by atoms with Gasteiger partial charge in [0.15, 0.2) is 0 Å². The minimum atomic E-state index is -0.210. The summed E-state index contributed by atoms with van der Waals surface area (Å²) in [6.07, 6.45) is 0.892. The molecule has 0 saturated carbocycles. The summed E-state index contributed by atoms with van der Waals surface area (Å²) in [5.41, 5.74) is 4.94. The van der Waals surface area contributed by atoms with Crippen molar-refractivity contribution in [2.75, 3.05) is 0 Å². The third kappa shape index (κ3) is 2.95. The van der Waals surface area contributed by atoms with Crippen LogP contribution in [0.3, 0.4) is 0 Å². The highest BCUT2D eigenvalue weighted by molar-refractivity contribution is 7.21. The molecule has 4 rings (SSSR count). The van der Waals surface area contributed by atoms with Crippen molar-refractivity contribution >= 4 is 21.6 Å². The van der Waals surface area contributed by atoms with Crippen LogP contribution in [0.4, 0.5) is 4.39 Å². The number of thiazole rings is 1. The van der Waals surface area contributed by atoms with Crippen LogP contribution in [0, 0.1) is 12.7 Å². The molecule has 4 aromatic rings. The SMILES string of the molecule is Cc1ccc(-c2nc3ccc(Cc4ccccc4)cc3s2)c(F)c1. The topological polar surface area (TPSA) is 12.9 Å². The second-order valence-electron chi connectivity index (χ2n) is 5.97. The van der Waals surface area contributed by atoms with E-state index in [1.165, 1.54) is 11.1 Å². The molecule has 0 N–H and O–H groups in total. The van der Waals surface area contributed by atoms with Crippen molar-refractivity contribution in [2.24, 2.45) is 0 Å². The van der Waals surface area contributed by atoms with E-state index >= 15 is 0 Å². The van der Waals surface area contributed by atoms with Crippen LogP contribution in [0.2, 0.25) is 0 Å². The molecule has 0 radical (unpaired) electrons. The summed E-state index contributed by atoms with van der Waals surface area (Å²) in [4.78, 5) is 4.60.